The molecular weight excluding hydrogens is 255 g/mol. The smallest absolute Gasteiger partial charge is 0.223 e. The van der Waals surface area contributed by atoms with Crippen LogP contribution in [-0.2, 0) is 4.79 Å². The maximum absolute atomic E-state index is 12.9. The minimum absolute atomic E-state index is 0.0256. The highest BCUT2D eigenvalue weighted by Gasteiger charge is 2.25. The number of amides is 1. The molecule has 1 aliphatic carbocycles. The van der Waals surface area contributed by atoms with Crippen LogP contribution >= 0.6 is 0 Å². The number of rotatable bonds is 4. The number of nitrogens with one attached hydrogen (secondary N) is 1. The van der Waals surface area contributed by atoms with E-state index in [9.17, 15) is 9.18 Å². The molecule has 0 spiro atoms. The molecule has 20 heavy (non-hydrogen) atoms. The maximum Gasteiger partial charge on any atom is 0.223 e. The van der Waals surface area contributed by atoms with Gasteiger partial charge in [0, 0.05) is 12.0 Å². The van der Waals surface area contributed by atoms with Gasteiger partial charge in [0.05, 0.1) is 6.04 Å². The van der Waals surface area contributed by atoms with E-state index in [1.165, 1.54) is 12.1 Å². The Morgan fingerprint density at radius 2 is 1.90 bits per heavy atom. The Kier molecular flexibility index (Phi) is 4.90. The molecule has 1 fully saturated rings. The van der Waals surface area contributed by atoms with E-state index < -0.39 is 0 Å². The van der Waals surface area contributed by atoms with Gasteiger partial charge < -0.3 is 11.1 Å². The third-order valence-corrected chi connectivity index (χ3v) is 3.91. The molecule has 0 aliphatic heterocycles. The molecule has 0 unspecified atom stereocenters. The molecule has 4 heteroatoms. The summed E-state index contributed by atoms with van der Waals surface area (Å²) in [6.07, 6.45) is 5.13. The predicted molar refractivity (Wildman–Crippen MR) is 77.4 cm³/mol. The van der Waals surface area contributed by atoms with Gasteiger partial charge in [-0.3, -0.25) is 4.79 Å². The fourth-order valence-corrected chi connectivity index (χ4v) is 2.60. The van der Waals surface area contributed by atoms with Gasteiger partial charge in [-0.05, 0) is 43.4 Å². The van der Waals surface area contributed by atoms with E-state index in [0.29, 0.717) is 0 Å². The molecule has 2 rings (SSSR count). The topological polar surface area (TPSA) is 55.1 Å². The minimum atomic E-state index is -0.288. The molecule has 3 N–H and O–H groups in total. The van der Waals surface area contributed by atoms with E-state index in [1.807, 2.05) is 0 Å². The molecular formula is C16H21FN2O. The number of halogens is 1. The standard InChI is InChI=1S/C16H21FN2O/c1-2-15(11-3-7-13(17)8-4-11)19-16(20)12-5-9-14(18)10-6-12/h2-4,7-8,12,14-15H,1,5-6,9-10,18H2,(H,19,20)/t12?,14?,15-/m1/s1. The van der Waals surface area contributed by atoms with E-state index in [2.05, 4.69) is 11.9 Å². The van der Waals surface area contributed by atoms with Crippen LogP contribution in [0.1, 0.15) is 37.3 Å². The minimum Gasteiger partial charge on any atom is -0.346 e. The molecule has 1 saturated carbocycles. The van der Waals surface area contributed by atoms with Crippen molar-refractivity contribution in [3.8, 4) is 0 Å². The molecule has 108 valence electrons. The molecule has 1 aromatic carbocycles. The van der Waals surface area contributed by atoms with Gasteiger partial charge in [0.25, 0.3) is 0 Å². The van der Waals surface area contributed by atoms with Crippen molar-refractivity contribution in [2.75, 3.05) is 0 Å². The lowest BCUT2D eigenvalue weighted by molar-refractivity contribution is -0.126. The molecule has 0 aromatic heterocycles. The molecule has 0 saturated heterocycles. The van der Waals surface area contributed by atoms with Gasteiger partial charge in [0.15, 0.2) is 0 Å². The molecule has 1 atom stereocenters. The van der Waals surface area contributed by atoms with Crippen LogP contribution in [-0.4, -0.2) is 11.9 Å². The first-order chi connectivity index (χ1) is 9.60. The molecule has 0 heterocycles. The van der Waals surface area contributed by atoms with Crippen molar-refractivity contribution in [2.45, 2.75) is 37.8 Å². The van der Waals surface area contributed by atoms with E-state index in [0.717, 1.165) is 31.2 Å². The highest BCUT2D eigenvalue weighted by molar-refractivity contribution is 5.79. The van der Waals surface area contributed by atoms with Gasteiger partial charge in [0.1, 0.15) is 5.82 Å². The summed E-state index contributed by atoms with van der Waals surface area (Å²) in [5.74, 6) is -0.229. The van der Waals surface area contributed by atoms with Crippen LogP contribution in [0.3, 0.4) is 0 Å². The monoisotopic (exact) mass is 276 g/mol. The molecule has 1 aromatic rings. The third-order valence-electron chi connectivity index (χ3n) is 3.91. The summed E-state index contributed by atoms with van der Waals surface area (Å²) in [6, 6.07) is 6.05. The number of nitrogens with two attached hydrogens (primary N) is 1. The lowest BCUT2D eigenvalue weighted by Crippen LogP contribution is -2.37. The molecule has 1 amide bonds. The number of carbonyl (C=O) groups is 1. The van der Waals surface area contributed by atoms with Gasteiger partial charge in [0.2, 0.25) is 5.91 Å². The lowest BCUT2D eigenvalue weighted by Gasteiger charge is -2.26. The Hall–Kier alpha value is -1.68. The summed E-state index contributed by atoms with van der Waals surface area (Å²) in [5.41, 5.74) is 6.68. The number of hydrogen-bond acceptors (Lipinski definition) is 2. The number of benzene rings is 1. The van der Waals surface area contributed by atoms with Gasteiger partial charge in [-0.1, -0.05) is 18.2 Å². The first-order valence-electron chi connectivity index (χ1n) is 7.04. The van der Waals surface area contributed by atoms with E-state index >= 15 is 0 Å². The van der Waals surface area contributed by atoms with Gasteiger partial charge in [-0.2, -0.15) is 0 Å². The van der Waals surface area contributed by atoms with Crippen LogP contribution in [0.5, 0.6) is 0 Å². The summed E-state index contributed by atoms with van der Waals surface area (Å²) in [5, 5.41) is 2.97. The van der Waals surface area contributed by atoms with Crippen LogP contribution < -0.4 is 11.1 Å². The Balaban J connectivity index is 1.97. The van der Waals surface area contributed by atoms with Crippen molar-refractivity contribution < 1.29 is 9.18 Å². The number of carbonyl (C=O) groups excluding carboxylic acids is 1. The quantitative estimate of drug-likeness (QED) is 0.831. The Bertz CT molecular complexity index is 464. The van der Waals surface area contributed by atoms with Gasteiger partial charge in [-0.25, -0.2) is 4.39 Å². The lowest BCUT2D eigenvalue weighted by atomic mass is 9.85. The second-order valence-corrected chi connectivity index (χ2v) is 5.39. The number of hydrogen-bond donors (Lipinski definition) is 2. The fraction of sp³-hybridized carbons (Fsp3) is 0.438. The van der Waals surface area contributed by atoms with Crippen molar-refractivity contribution >= 4 is 5.91 Å². The average Bonchev–Trinajstić information content (AvgIpc) is 2.46. The predicted octanol–water partition coefficient (Wildman–Crippen LogP) is 2.69. The SMILES string of the molecule is C=C[C@@H](NC(=O)C1CCC(N)CC1)c1ccc(F)cc1. The first-order valence-corrected chi connectivity index (χ1v) is 7.04. The average molecular weight is 276 g/mol. The van der Waals surface area contributed by atoms with E-state index in [4.69, 9.17) is 5.73 Å². The largest absolute Gasteiger partial charge is 0.346 e. The summed E-state index contributed by atoms with van der Waals surface area (Å²) < 4.78 is 12.9. The molecule has 0 radical (unpaired) electrons. The van der Waals surface area contributed by atoms with Crippen molar-refractivity contribution in [3.05, 3.63) is 48.3 Å². The Labute approximate surface area is 119 Å². The normalized spacial score (nSPS) is 23.9. The van der Waals surface area contributed by atoms with Gasteiger partial charge in [-0.15, -0.1) is 6.58 Å². The third kappa shape index (κ3) is 3.67. The van der Waals surface area contributed by atoms with Crippen molar-refractivity contribution in [3.63, 3.8) is 0 Å². The van der Waals surface area contributed by atoms with E-state index in [-0.39, 0.29) is 29.7 Å². The Morgan fingerprint density at radius 1 is 1.30 bits per heavy atom. The van der Waals surface area contributed by atoms with Crippen LogP contribution in [0.4, 0.5) is 4.39 Å². The van der Waals surface area contributed by atoms with E-state index in [1.54, 1.807) is 18.2 Å². The van der Waals surface area contributed by atoms with Crippen LogP contribution in [0.25, 0.3) is 0 Å². The van der Waals surface area contributed by atoms with Gasteiger partial charge >= 0.3 is 0 Å². The van der Waals surface area contributed by atoms with Crippen LogP contribution in [0.15, 0.2) is 36.9 Å². The Morgan fingerprint density at radius 3 is 2.45 bits per heavy atom. The van der Waals surface area contributed by atoms with Crippen LogP contribution in [0, 0.1) is 11.7 Å². The maximum atomic E-state index is 12.9. The summed E-state index contributed by atoms with van der Waals surface area (Å²) in [6.45, 7) is 3.74. The fourth-order valence-electron chi connectivity index (χ4n) is 2.60. The van der Waals surface area contributed by atoms with Crippen molar-refractivity contribution in [1.82, 2.24) is 5.32 Å². The summed E-state index contributed by atoms with van der Waals surface area (Å²) >= 11 is 0. The zero-order valence-electron chi connectivity index (χ0n) is 11.5. The van der Waals surface area contributed by atoms with Crippen molar-refractivity contribution in [2.24, 2.45) is 11.7 Å². The molecule has 3 nitrogen and oxygen atoms in total. The molecule has 1 aliphatic rings. The first kappa shape index (κ1) is 14.7. The highest BCUT2D eigenvalue weighted by Crippen LogP contribution is 2.24. The molecule has 0 bridgehead atoms. The summed E-state index contributed by atoms with van der Waals surface area (Å²) in [4.78, 5) is 12.2. The van der Waals surface area contributed by atoms with Crippen LogP contribution in [0.2, 0.25) is 0 Å². The second kappa shape index (κ2) is 6.66. The zero-order valence-corrected chi connectivity index (χ0v) is 11.5. The second-order valence-electron chi connectivity index (χ2n) is 5.39. The van der Waals surface area contributed by atoms with Crippen molar-refractivity contribution in [1.29, 1.82) is 0 Å². The summed E-state index contributed by atoms with van der Waals surface area (Å²) in [7, 11) is 0. The zero-order chi connectivity index (χ0) is 14.5. The highest BCUT2D eigenvalue weighted by atomic mass is 19.1.